The van der Waals surface area contributed by atoms with Crippen molar-refractivity contribution in [3.63, 3.8) is 0 Å². The summed E-state index contributed by atoms with van der Waals surface area (Å²) >= 11 is 5.94. The minimum Gasteiger partial charge on any atom is -0.323 e. The third kappa shape index (κ3) is 2.61. The van der Waals surface area contributed by atoms with Crippen LogP contribution in [0.1, 0.15) is 30.3 Å². The van der Waals surface area contributed by atoms with Gasteiger partial charge in [0.1, 0.15) is 0 Å². The first-order valence-corrected chi connectivity index (χ1v) is 8.53. The molecular formula is C12H19NS3. The lowest BCUT2D eigenvalue weighted by molar-refractivity contribution is 0.707. The van der Waals surface area contributed by atoms with E-state index in [9.17, 15) is 0 Å². The maximum atomic E-state index is 6.40. The van der Waals surface area contributed by atoms with Gasteiger partial charge >= 0.3 is 0 Å². The minimum atomic E-state index is 0.207. The molecule has 1 saturated heterocycles. The topological polar surface area (TPSA) is 26.0 Å². The minimum absolute atomic E-state index is 0.207. The Labute approximate surface area is 111 Å². The molecule has 4 heteroatoms. The molecule has 0 bridgehead atoms. The van der Waals surface area contributed by atoms with E-state index in [1.807, 2.05) is 0 Å². The molecule has 1 aromatic heterocycles. The van der Waals surface area contributed by atoms with Crippen LogP contribution in [0.5, 0.6) is 0 Å². The molecule has 0 saturated carbocycles. The zero-order valence-corrected chi connectivity index (χ0v) is 12.4. The molecule has 1 aliphatic heterocycles. The lowest BCUT2D eigenvalue weighted by Crippen LogP contribution is -2.34. The van der Waals surface area contributed by atoms with Crippen LogP contribution >= 0.6 is 34.9 Å². The highest BCUT2D eigenvalue weighted by atomic mass is 32.2. The van der Waals surface area contributed by atoms with Crippen LogP contribution in [-0.2, 0) is 0 Å². The number of thiophene rings is 1. The van der Waals surface area contributed by atoms with Crippen LogP contribution < -0.4 is 5.73 Å². The molecule has 0 amide bonds. The predicted molar refractivity (Wildman–Crippen MR) is 78.7 cm³/mol. The average Bonchev–Trinajstić information content (AvgIpc) is 2.67. The number of aryl methyl sites for hydroxylation is 1. The van der Waals surface area contributed by atoms with E-state index in [2.05, 4.69) is 55.7 Å². The van der Waals surface area contributed by atoms with Gasteiger partial charge in [-0.05, 0) is 23.9 Å². The number of nitrogens with two attached hydrogens (primary N) is 1. The van der Waals surface area contributed by atoms with Crippen molar-refractivity contribution in [2.45, 2.75) is 42.6 Å². The average molecular weight is 273 g/mol. The Kier molecular flexibility index (Phi) is 4.27. The van der Waals surface area contributed by atoms with Crippen LogP contribution in [0.2, 0.25) is 0 Å². The van der Waals surface area contributed by atoms with Crippen molar-refractivity contribution in [3.8, 4) is 0 Å². The van der Waals surface area contributed by atoms with Crippen molar-refractivity contribution >= 4 is 34.9 Å². The van der Waals surface area contributed by atoms with E-state index in [4.69, 9.17) is 5.73 Å². The SMILES string of the molecule is Cc1sccc1C(N)C1CSC(C)C(C)S1. The van der Waals surface area contributed by atoms with Crippen molar-refractivity contribution in [1.29, 1.82) is 0 Å². The number of hydrogen-bond acceptors (Lipinski definition) is 4. The van der Waals surface area contributed by atoms with Gasteiger partial charge in [0.2, 0.25) is 0 Å². The molecule has 1 fully saturated rings. The van der Waals surface area contributed by atoms with Crippen molar-refractivity contribution in [3.05, 3.63) is 21.9 Å². The molecule has 4 atom stereocenters. The molecule has 0 spiro atoms. The molecule has 1 aromatic rings. The van der Waals surface area contributed by atoms with Gasteiger partial charge in [-0.15, -0.1) is 11.3 Å². The lowest BCUT2D eigenvalue weighted by Gasteiger charge is -2.34. The Morgan fingerprint density at radius 2 is 2.12 bits per heavy atom. The molecule has 1 nitrogen and oxygen atoms in total. The predicted octanol–water partition coefficient (Wildman–Crippen LogP) is 3.68. The van der Waals surface area contributed by atoms with E-state index in [0.29, 0.717) is 10.5 Å². The monoisotopic (exact) mass is 273 g/mol. The van der Waals surface area contributed by atoms with Gasteiger partial charge in [0.25, 0.3) is 0 Å². The first-order valence-electron chi connectivity index (χ1n) is 5.66. The summed E-state index contributed by atoms with van der Waals surface area (Å²) in [6.45, 7) is 6.81. The Morgan fingerprint density at radius 3 is 2.69 bits per heavy atom. The normalized spacial score (nSPS) is 32.6. The Bertz CT molecular complexity index is 350. The molecule has 0 aliphatic carbocycles. The van der Waals surface area contributed by atoms with E-state index in [1.165, 1.54) is 16.2 Å². The fourth-order valence-electron chi connectivity index (χ4n) is 1.94. The van der Waals surface area contributed by atoms with Crippen molar-refractivity contribution in [2.24, 2.45) is 5.73 Å². The first kappa shape index (κ1) is 12.8. The van der Waals surface area contributed by atoms with Crippen molar-refractivity contribution in [2.75, 3.05) is 5.75 Å². The Morgan fingerprint density at radius 1 is 1.38 bits per heavy atom. The second kappa shape index (κ2) is 5.34. The van der Waals surface area contributed by atoms with Crippen LogP contribution in [0.15, 0.2) is 11.4 Å². The highest BCUT2D eigenvalue weighted by Crippen LogP contribution is 2.41. The maximum Gasteiger partial charge on any atom is 0.0434 e. The quantitative estimate of drug-likeness (QED) is 0.890. The summed E-state index contributed by atoms with van der Waals surface area (Å²) in [6, 6.07) is 2.40. The number of rotatable bonds is 2. The van der Waals surface area contributed by atoms with Gasteiger partial charge in [-0.2, -0.15) is 23.5 Å². The Balaban J connectivity index is 2.06. The van der Waals surface area contributed by atoms with Crippen LogP contribution in [-0.4, -0.2) is 21.5 Å². The van der Waals surface area contributed by atoms with Gasteiger partial charge in [0, 0.05) is 32.4 Å². The zero-order valence-electron chi connectivity index (χ0n) is 9.97. The molecular weight excluding hydrogens is 254 g/mol. The summed E-state index contributed by atoms with van der Waals surface area (Å²) in [5, 5.41) is 4.20. The van der Waals surface area contributed by atoms with Gasteiger partial charge in [0.05, 0.1) is 0 Å². The summed E-state index contributed by atoms with van der Waals surface area (Å²) in [6.07, 6.45) is 0. The van der Waals surface area contributed by atoms with Gasteiger partial charge in [-0.3, -0.25) is 0 Å². The standard InChI is InChI=1S/C12H19NS3/c1-7-8(2)16-11(6-15-7)12(13)10-4-5-14-9(10)3/h4-5,7-8,11-12H,6,13H2,1-3H3. The van der Waals surface area contributed by atoms with Crippen LogP contribution in [0.3, 0.4) is 0 Å². The second-order valence-electron chi connectivity index (χ2n) is 4.38. The molecule has 1 aliphatic rings. The zero-order chi connectivity index (χ0) is 11.7. The summed E-state index contributed by atoms with van der Waals surface area (Å²) in [4.78, 5) is 1.38. The van der Waals surface area contributed by atoms with Gasteiger partial charge in [-0.1, -0.05) is 13.8 Å². The van der Waals surface area contributed by atoms with E-state index in [-0.39, 0.29) is 6.04 Å². The molecule has 2 N–H and O–H groups in total. The smallest absolute Gasteiger partial charge is 0.0434 e. The molecule has 0 aromatic carbocycles. The fourth-order valence-corrected chi connectivity index (χ4v) is 5.73. The molecule has 4 unspecified atom stereocenters. The summed E-state index contributed by atoms with van der Waals surface area (Å²) in [7, 11) is 0. The van der Waals surface area contributed by atoms with Gasteiger partial charge in [-0.25, -0.2) is 0 Å². The number of hydrogen-bond donors (Lipinski definition) is 1. The Hall–Kier alpha value is 0.360. The maximum absolute atomic E-state index is 6.40. The molecule has 2 heterocycles. The van der Waals surface area contributed by atoms with Crippen molar-refractivity contribution < 1.29 is 0 Å². The number of thioether (sulfide) groups is 2. The van der Waals surface area contributed by atoms with Gasteiger partial charge < -0.3 is 5.73 Å². The lowest BCUT2D eigenvalue weighted by atomic mass is 10.1. The molecule has 0 radical (unpaired) electrons. The molecule has 16 heavy (non-hydrogen) atoms. The summed E-state index contributed by atoms with van der Waals surface area (Å²) < 4.78 is 0. The second-order valence-corrected chi connectivity index (χ2v) is 8.53. The fraction of sp³-hybridized carbons (Fsp3) is 0.667. The first-order chi connectivity index (χ1) is 7.59. The summed E-state index contributed by atoms with van der Waals surface area (Å²) in [5.41, 5.74) is 7.75. The third-order valence-corrected chi connectivity index (χ3v) is 7.61. The summed E-state index contributed by atoms with van der Waals surface area (Å²) in [5.74, 6) is 1.19. The van der Waals surface area contributed by atoms with E-state index in [0.717, 1.165) is 5.25 Å². The third-order valence-electron chi connectivity index (χ3n) is 3.23. The van der Waals surface area contributed by atoms with Crippen LogP contribution in [0.25, 0.3) is 0 Å². The van der Waals surface area contributed by atoms with Crippen molar-refractivity contribution in [1.82, 2.24) is 0 Å². The highest BCUT2D eigenvalue weighted by Gasteiger charge is 2.30. The van der Waals surface area contributed by atoms with Crippen LogP contribution in [0, 0.1) is 6.92 Å². The van der Waals surface area contributed by atoms with E-state index >= 15 is 0 Å². The van der Waals surface area contributed by atoms with E-state index in [1.54, 1.807) is 11.3 Å². The van der Waals surface area contributed by atoms with Gasteiger partial charge in [0.15, 0.2) is 0 Å². The van der Waals surface area contributed by atoms with E-state index < -0.39 is 0 Å². The molecule has 2 rings (SSSR count). The van der Waals surface area contributed by atoms with Crippen LogP contribution in [0.4, 0.5) is 0 Å². The largest absolute Gasteiger partial charge is 0.323 e. The molecule has 90 valence electrons. The highest BCUT2D eigenvalue weighted by molar-refractivity contribution is 8.07.